The molecular weight excluding hydrogens is 520 g/mol. The van der Waals surface area contributed by atoms with E-state index in [0.717, 1.165) is 69.5 Å². The molecule has 2 aliphatic heterocycles. The van der Waals surface area contributed by atoms with Crippen LogP contribution < -0.4 is 32.2 Å². The molecule has 1 aliphatic carbocycles. The van der Waals surface area contributed by atoms with E-state index in [-0.39, 0.29) is 18.0 Å². The highest BCUT2D eigenvalue weighted by Crippen LogP contribution is 2.36. The summed E-state index contributed by atoms with van der Waals surface area (Å²) in [6.45, 7) is 7.39. The topological polar surface area (TPSA) is 150 Å². The van der Waals surface area contributed by atoms with E-state index in [0.29, 0.717) is 55.8 Å². The lowest BCUT2D eigenvalue weighted by atomic mass is 9.89. The van der Waals surface area contributed by atoms with Crippen molar-refractivity contribution >= 4 is 23.8 Å². The number of nitrogens with zero attached hydrogens (tertiary/aromatic N) is 3. The molecule has 11 heteroatoms. The average Bonchev–Trinajstić information content (AvgIpc) is 2.98. The lowest BCUT2D eigenvalue weighted by Crippen LogP contribution is -2.46. The molecule has 2 fully saturated rings. The van der Waals surface area contributed by atoms with Gasteiger partial charge < -0.3 is 42.0 Å². The Balaban J connectivity index is 1.39. The summed E-state index contributed by atoms with van der Waals surface area (Å²) in [4.78, 5) is 32.4. The van der Waals surface area contributed by atoms with Crippen molar-refractivity contribution in [1.82, 2.24) is 20.4 Å². The Morgan fingerprint density at radius 2 is 1.93 bits per heavy atom. The molecule has 224 valence electrons. The summed E-state index contributed by atoms with van der Waals surface area (Å²) in [7, 11) is 2.03. The number of rotatable bonds is 12. The van der Waals surface area contributed by atoms with Crippen molar-refractivity contribution < 1.29 is 14.3 Å². The highest BCUT2D eigenvalue weighted by molar-refractivity contribution is 6.11. The minimum atomic E-state index is 0.108. The van der Waals surface area contributed by atoms with Crippen molar-refractivity contribution in [2.24, 2.45) is 16.5 Å². The third-order valence-electron chi connectivity index (χ3n) is 8.31. The van der Waals surface area contributed by atoms with Gasteiger partial charge in [0.05, 0.1) is 11.5 Å². The number of piperidine rings is 1. The Kier molecular flexibility index (Phi) is 11.0. The zero-order valence-electron chi connectivity index (χ0n) is 24.2. The molecule has 1 aromatic rings. The molecule has 2 amide bonds. The van der Waals surface area contributed by atoms with Gasteiger partial charge >= 0.3 is 0 Å². The maximum absolute atomic E-state index is 12.9. The molecule has 1 saturated heterocycles. The number of fused-ring (bicyclic) bond motifs is 1. The van der Waals surface area contributed by atoms with Crippen LogP contribution in [0.2, 0.25) is 0 Å². The SMILES string of the molecule is C=C(N)NCCCN(C(=O)CCN)C1CCC(N(C)/C=C2/Oc3ccc(C4CCNCC4)cc3N/C2=N/C=O)CC1. The molecule has 1 saturated carbocycles. The number of carbonyl (C=O) groups is 2. The first-order chi connectivity index (χ1) is 19.9. The molecule has 3 aliphatic rings. The predicted octanol–water partition coefficient (Wildman–Crippen LogP) is 2.18. The predicted molar refractivity (Wildman–Crippen MR) is 162 cm³/mol. The molecule has 0 atom stereocenters. The number of amides is 2. The van der Waals surface area contributed by atoms with Gasteiger partial charge in [0.25, 0.3) is 0 Å². The minimum Gasteiger partial charge on any atom is -0.450 e. The van der Waals surface area contributed by atoms with Crippen LogP contribution in [0.15, 0.2) is 47.6 Å². The summed E-state index contributed by atoms with van der Waals surface area (Å²) in [5.74, 6) is 2.69. The number of carbonyl (C=O) groups excluding carboxylic acids is 2. The Hall–Kier alpha value is -3.57. The van der Waals surface area contributed by atoms with Crippen molar-refractivity contribution in [3.8, 4) is 5.75 Å². The maximum atomic E-state index is 12.9. The third-order valence-corrected chi connectivity index (χ3v) is 8.31. The number of ether oxygens (including phenoxy) is 1. The highest BCUT2D eigenvalue weighted by atomic mass is 16.5. The van der Waals surface area contributed by atoms with Crippen LogP contribution in [0.5, 0.6) is 5.75 Å². The maximum Gasteiger partial charge on any atom is 0.234 e. The van der Waals surface area contributed by atoms with E-state index in [9.17, 15) is 9.59 Å². The van der Waals surface area contributed by atoms with Gasteiger partial charge in [-0.05, 0) is 81.6 Å². The van der Waals surface area contributed by atoms with Gasteiger partial charge in [0.2, 0.25) is 12.3 Å². The second kappa shape index (κ2) is 14.9. The van der Waals surface area contributed by atoms with Crippen LogP contribution in [-0.2, 0) is 9.59 Å². The molecule has 0 unspecified atom stereocenters. The van der Waals surface area contributed by atoms with Gasteiger partial charge in [-0.2, -0.15) is 4.99 Å². The van der Waals surface area contributed by atoms with Crippen LogP contribution in [0, 0.1) is 0 Å². The van der Waals surface area contributed by atoms with Gasteiger partial charge in [0.15, 0.2) is 17.3 Å². The quantitative estimate of drug-likeness (QED) is 0.189. The number of amidine groups is 1. The standard InChI is InChI=1S/C30H46N8O3/c1-21(32)34-14-3-17-38(29(40)10-13-31)25-7-5-24(6-8-25)37(2)19-28-30(35-20-39)36-26-18-23(4-9-27(26)41-28)22-11-15-33-16-12-22/h4,9,18-20,22,24-25,33-34H,1,3,5-8,10-17,31-32H2,2H3,(H,35,36,39)/b28-19+. The molecule has 2 heterocycles. The van der Waals surface area contributed by atoms with Gasteiger partial charge in [-0.3, -0.25) is 9.59 Å². The molecule has 0 aromatic heterocycles. The summed E-state index contributed by atoms with van der Waals surface area (Å²) in [6, 6.07) is 6.72. The lowest BCUT2D eigenvalue weighted by Gasteiger charge is -2.40. The van der Waals surface area contributed by atoms with E-state index >= 15 is 0 Å². The molecule has 1 aromatic carbocycles. The molecule has 41 heavy (non-hydrogen) atoms. The minimum absolute atomic E-state index is 0.108. The molecule has 0 spiro atoms. The first-order valence-corrected chi connectivity index (χ1v) is 14.8. The number of hydrogen-bond donors (Lipinski definition) is 5. The average molecular weight is 567 g/mol. The summed E-state index contributed by atoms with van der Waals surface area (Å²) in [5.41, 5.74) is 13.4. The number of nitrogens with two attached hydrogens (primary N) is 2. The number of benzene rings is 1. The van der Waals surface area contributed by atoms with Crippen molar-refractivity contribution in [3.63, 3.8) is 0 Å². The number of hydrogen-bond acceptors (Lipinski definition) is 8. The highest BCUT2D eigenvalue weighted by Gasteiger charge is 2.30. The molecule has 0 radical (unpaired) electrons. The number of nitrogens with one attached hydrogen (secondary N) is 3. The Morgan fingerprint density at radius 3 is 2.61 bits per heavy atom. The Labute approximate surface area is 243 Å². The fourth-order valence-electron chi connectivity index (χ4n) is 6.08. The third kappa shape index (κ3) is 8.23. The van der Waals surface area contributed by atoms with Crippen molar-refractivity contribution in [3.05, 3.63) is 48.1 Å². The van der Waals surface area contributed by atoms with E-state index in [2.05, 4.69) is 44.6 Å². The largest absolute Gasteiger partial charge is 0.450 e. The van der Waals surface area contributed by atoms with Crippen LogP contribution in [0.4, 0.5) is 5.69 Å². The second-order valence-corrected chi connectivity index (χ2v) is 11.1. The zero-order chi connectivity index (χ0) is 29.2. The Bertz CT molecular complexity index is 1120. The van der Waals surface area contributed by atoms with E-state index in [4.69, 9.17) is 16.2 Å². The summed E-state index contributed by atoms with van der Waals surface area (Å²) < 4.78 is 6.26. The first-order valence-electron chi connectivity index (χ1n) is 14.8. The lowest BCUT2D eigenvalue weighted by molar-refractivity contribution is -0.134. The molecule has 7 N–H and O–H groups in total. The van der Waals surface area contributed by atoms with Crippen molar-refractivity contribution in [2.75, 3.05) is 45.1 Å². The Morgan fingerprint density at radius 1 is 1.20 bits per heavy atom. The van der Waals surface area contributed by atoms with E-state index < -0.39 is 0 Å². The van der Waals surface area contributed by atoms with Crippen LogP contribution in [0.1, 0.15) is 62.8 Å². The van der Waals surface area contributed by atoms with Crippen LogP contribution in [-0.4, -0.2) is 79.8 Å². The molecule has 0 bridgehead atoms. The number of aliphatic imine (C=N–C) groups is 1. The van der Waals surface area contributed by atoms with Crippen molar-refractivity contribution in [2.45, 2.75) is 69.4 Å². The van der Waals surface area contributed by atoms with Crippen LogP contribution in [0.3, 0.4) is 0 Å². The summed E-state index contributed by atoms with van der Waals surface area (Å²) in [5, 5.41) is 9.76. The molecule has 11 nitrogen and oxygen atoms in total. The van der Waals surface area contributed by atoms with Gasteiger partial charge in [0.1, 0.15) is 0 Å². The van der Waals surface area contributed by atoms with E-state index in [1.54, 1.807) is 0 Å². The van der Waals surface area contributed by atoms with Crippen LogP contribution in [0.25, 0.3) is 0 Å². The number of anilines is 1. The zero-order valence-corrected chi connectivity index (χ0v) is 24.2. The smallest absolute Gasteiger partial charge is 0.234 e. The fourth-order valence-corrected chi connectivity index (χ4v) is 6.08. The first kappa shape index (κ1) is 30.4. The van der Waals surface area contributed by atoms with Crippen LogP contribution >= 0.6 is 0 Å². The monoisotopic (exact) mass is 566 g/mol. The van der Waals surface area contributed by atoms with Crippen molar-refractivity contribution in [1.29, 1.82) is 0 Å². The van der Waals surface area contributed by atoms with E-state index in [1.165, 1.54) is 5.56 Å². The summed E-state index contributed by atoms with van der Waals surface area (Å²) in [6.07, 6.45) is 9.49. The van der Waals surface area contributed by atoms with Gasteiger partial charge in [-0.15, -0.1) is 0 Å². The van der Waals surface area contributed by atoms with Gasteiger partial charge in [-0.1, -0.05) is 12.6 Å². The second-order valence-electron chi connectivity index (χ2n) is 11.1. The fraction of sp³-hybridized carbons (Fsp3) is 0.567. The van der Waals surface area contributed by atoms with E-state index in [1.807, 2.05) is 24.2 Å². The van der Waals surface area contributed by atoms with Gasteiger partial charge in [-0.25, -0.2) is 0 Å². The molecule has 4 rings (SSSR count). The molecular formula is C30H46N8O3. The summed E-state index contributed by atoms with van der Waals surface area (Å²) >= 11 is 0. The van der Waals surface area contributed by atoms with Gasteiger partial charge in [0, 0.05) is 51.4 Å². The normalized spacial score (nSPS) is 22.8.